The van der Waals surface area contributed by atoms with Gasteiger partial charge in [-0.3, -0.25) is 0 Å². The van der Waals surface area contributed by atoms with Crippen LogP contribution in [0.2, 0.25) is 0 Å². The first-order valence-electron chi connectivity index (χ1n) is 12.4. The summed E-state index contributed by atoms with van der Waals surface area (Å²) in [6.07, 6.45) is 1.24. The Labute approximate surface area is 200 Å². The summed E-state index contributed by atoms with van der Waals surface area (Å²) >= 11 is 0. The molecule has 2 aromatic rings. The van der Waals surface area contributed by atoms with Crippen LogP contribution < -0.4 is 10.6 Å². The molecule has 1 heterocycles. The van der Waals surface area contributed by atoms with Gasteiger partial charge in [-0.25, -0.2) is 0 Å². The van der Waals surface area contributed by atoms with Crippen molar-refractivity contribution >= 4 is 17.9 Å². The molecular formula is C31H48P+. The van der Waals surface area contributed by atoms with E-state index in [0.717, 1.165) is 0 Å². The van der Waals surface area contributed by atoms with E-state index in [0.29, 0.717) is 0 Å². The maximum atomic E-state index is 2.62. The quantitative estimate of drug-likeness (QED) is 0.383. The standard InChI is InChI=1S/C31H48P/c1-20-15-22(28(2,3)4)17-24(30(8,9)10)26(20)32(14)19-21-16-23(29(5,6)7)18-25(27(21)32)31(11,12)13/h15-18H,19H2,1-14H3/q+1. The predicted molar refractivity (Wildman–Crippen MR) is 148 cm³/mol. The van der Waals surface area contributed by atoms with E-state index in [4.69, 9.17) is 0 Å². The number of hydrogen-bond donors (Lipinski definition) is 0. The molecule has 0 amide bonds. The lowest BCUT2D eigenvalue weighted by atomic mass is 9.79. The van der Waals surface area contributed by atoms with Gasteiger partial charge < -0.3 is 0 Å². The Balaban J connectivity index is 2.35. The Bertz CT molecular complexity index is 1040. The van der Waals surface area contributed by atoms with Crippen molar-refractivity contribution in [3.05, 3.63) is 57.6 Å². The van der Waals surface area contributed by atoms with Crippen molar-refractivity contribution in [1.29, 1.82) is 0 Å². The fraction of sp³-hybridized carbons (Fsp3) is 0.613. The van der Waals surface area contributed by atoms with Crippen LogP contribution in [-0.2, 0) is 27.8 Å². The second kappa shape index (κ2) is 7.43. The minimum atomic E-state index is -1.44. The summed E-state index contributed by atoms with van der Waals surface area (Å²) in [5, 5.41) is 3.38. The van der Waals surface area contributed by atoms with E-state index >= 15 is 0 Å². The van der Waals surface area contributed by atoms with Gasteiger partial charge in [0.25, 0.3) is 0 Å². The average molecular weight is 452 g/mol. The van der Waals surface area contributed by atoms with Crippen molar-refractivity contribution in [2.24, 2.45) is 0 Å². The molecule has 32 heavy (non-hydrogen) atoms. The lowest BCUT2D eigenvalue weighted by Crippen LogP contribution is -2.44. The van der Waals surface area contributed by atoms with Gasteiger partial charge >= 0.3 is 0 Å². The van der Waals surface area contributed by atoms with E-state index in [1.165, 1.54) is 22.9 Å². The van der Waals surface area contributed by atoms with E-state index in [1.54, 1.807) is 27.3 Å². The molecule has 0 N–H and O–H groups in total. The minimum Gasteiger partial charge on any atom is -0.0561 e. The molecule has 176 valence electrons. The van der Waals surface area contributed by atoms with Gasteiger partial charge in [0.2, 0.25) is 0 Å². The summed E-state index contributed by atoms with van der Waals surface area (Å²) < 4.78 is 0. The first kappa shape index (κ1) is 25.5. The van der Waals surface area contributed by atoms with Crippen LogP contribution in [0.3, 0.4) is 0 Å². The SMILES string of the molecule is Cc1cc(C(C)(C)C)cc(C(C)(C)C)c1[P+]1(C)Cc2cc(C(C)(C)C)cc(C(C)(C)C)c21. The van der Waals surface area contributed by atoms with E-state index in [2.05, 4.69) is 121 Å². The summed E-state index contributed by atoms with van der Waals surface area (Å²) in [6.45, 7) is 33.5. The molecule has 3 rings (SSSR count). The van der Waals surface area contributed by atoms with Crippen molar-refractivity contribution in [3.63, 3.8) is 0 Å². The molecule has 0 radical (unpaired) electrons. The van der Waals surface area contributed by atoms with Crippen LogP contribution in [0.25, 0.3) is 0 Å². The van der Waals surface area contributed by atoms with Gasteiger partial charge in [0.05, 0.1) is 20.1 Å². The second-order valence-corrected chi connectivity index (χ2v) is 18.2. The number of hydrogen-bond acceptors (Lipinski definition) is 0. The number of fused-ring (bicyclic) bond motifs is 1. The van der Waals surface area contributed by atoms with Gasteiger partial charge in [0.1, 0.15) is 10.6 Å². The lowest BCUT2D eigenvalue weighted by molar-refractivity contribution is 0.569. The largest absolute Gasteiger partial charge is 0.110 e. The van der Waals surface area contributed by atoms with Crippen molar-refractivity contribution in [3.8, 4) is 0 Å². The smallest absolute Gasteiger partial charge is 0.0561 e. The molecule has 0 aliphatic carbocycles. The Hall–Kier alpha value is -1.13. The topological polar surface area (TPSA) is 0 Å². The summed E-state index contributed by atoms with van der Waals surface area (Å²) in [4.78, 5) is 0. The summed E-state index contributed by atoms with van der Waals surface area (Å²) in [6, 6.07) is 10.1. The molecule has 1 atom stereocenters. The van der Waals surface area contributed by atoms with E-state index in [-0.39, 0.29) is 21.7 Å². The molecule has 1 aliphatic rings. The lowest BCUT2D eigenvalue weighted by Gasteiger charge is -2.42. The predicted octanol–water partition coefficient (Wildman–Crippen LogP) is 8.30. The molecule has 0 bridgehead atoms. The fourth-order valence-corrected chi connectivity index (χ4v) is 10.0. The molecule has 0 saturated heterocycles. The zero-order valence-electron chi connectivity index (χ0n) is 23.5. The van der Waals surface area contributed by atoms with Gasteiger partial charge in [-0.1, -0.05) is 101 Å². The highest BCUT2D eigenvalue weighted by molar-refractivity contribution is 7.90. The van der Waals surface area contributed by atoms with Crippen LogP contribution in [0.1, 0.15) is 116 Å². The minimum absolute atomic E-state index is 0.132. The second-order valence-electron chi connectivity index (χ2n) is 14.6. The molecule has 1 heteroatoms. The summed E-state index contributed by atoms with van der Waals surface area (Å²) in [5.41, 5.74) is 9.85. The third-order valence-electron chi connectivity index (χ3n) is 7.31. The summed E-state index contributed by atoms with van der Waals surface area (Å²) in [5.74, 6) is 0. The zero-order valence-corrected chi connectivity index (χ0v) is 24.4. The van der Waals surface area contributed by atoms with E-state index in [9.17, 15) is 0 Å². The molecule has 1 aliphatic heterocycles. The first-order chi connectivity index (χ1) is 14.2. The van der Waals surface area contributed by atoms with Crippen molar-refractivity contribution < 1.29 is 0 Å². The van der Waals surface area contributed by atoms with Crippen LogP contribution in [0.15, 0.2) is 24.3 Å². The summed E-state index contributed by atoms with van der Waals surface area (Å²) in [7, 11) is -1.44. The molecule has 0 nitrogen and oxygen atoms in total. The van der Waals surface area contributed by atoms with Crippen LogP contribution in [0, 0.1) is 6.92 Å². The number of rotatable bonds is 1. The van der Waals surface area contributed by atoms with Gasteiger partial charge in [-0.15, -0.1) is 0 Å². The van der Waals surface area contributed by atoms with Gasteiger partial charge in [-0.2, -0.15) is 0 Å². The maximum absolute atomic E-state index is 2.62. The molecule has 0 spiro atoms. The van der Waals surface area contributed by atoms with Crippen molar-refractivity contribution in [2.45, 2.75) is 118 Å². The van der Waals surface area contributed by atoms with Crippen molar-refractivity contribution in [2.75, 3.05) is 6.66 Å². The Morgan fingerprint density at radius 1 is 0.562 bits per heavy atom. The van der Waals surface area contributed by atoms with Gasteiger partial charge in [0.15, 0.2) is 0 Å². The number of aryl methyl sites for hydroxylation is 1. The van der Waals surface area contributed by atoms with Crippen LogP contribution >= 0.6 is 7.26 Å². The zero-order chi connectivity index (χ0) is 24.7. The van der Waals surface area contributed by atoms with Crippen LogP contribution in [0.5, 0.6) is 0 Å². The highest BCUT2D eigenvalue weighted by atomic mass is 31.2. The average Bonchev–Trinajstić information content (AvgIpc) is 2.55. The molecule has 1 unspecified atom stereocenters. The van der Waals surface area contributed by atoms with Crippen LogP contribution in [0.4, 0.5) is 0 Å². The Morgan fingerprint density at radius 2 is 0.969 bits per heavy atom. The van der Waals surface area contributed by atoms with Gasteiger partial charge in [0, 0.05) is 16.7 Å². The fourth-order valence-electron chi connectivity index (χ4n) is 5.36. The Morgan fingerprint density at radius 3 is 1.38 bits per heavy atom. The van der Waals surface area contributed by atoms with Crippen LogP contribution in [-0.4, -0.2) is 6.66 Å². The van der Waals surface area contributed by atoms with E-state index in [1.807, 2.05) is 0 Å². The molecular weight excluding hydrogens is 403 g/mol. The first-order valence-corrected chi connectivity index (χ1v) is 14.8. The molecule has 0 fully saturated rings. The van der Waals surface area contributed by atoms with Gasteiger partial charge in [-0.05, 0) is 51.3 Å². The molecule has 2 aromatic carbocycles. The van der Waals surface area contributed by atoms with Crippen molar-refractivity contribution in [1.82, 2.24) is 0 Å². The highest BCUT2D eigenvalue weighted by Gasteiger charge is 2.54. The normalized spacial score (nSPS) is 19.6. The van der Waals surface area contributed by atoms with E-state index < -0.39 is 7.26 Å². The third kappa shape index (κ3) is 4.34. The Kier molecular flexibility index (Phi) is 5.92. The molecule has 0 saturated carbocycles. The monoisotopic (exact) mass is 451 g/mol. The maximum Gasteiger partial charge on any atom is 0.110 e. The highest BCUT2D eigenvalue weighted by Crippen LogP contribution is 2.66. The molecule has 0 aromatic heterocycles. The third-order valence-corrected chi connectivity index (χ3v) is 11.4. The number of benzene rings is 2.